The molecule has 160 valence electrons. The number of carboxylic acids is 1. The molecule has 5 heteroatoms. The second-order valence-electron chi connectivity index (χ2n) is 7.78. The molecule has 0 heterocycles. The lowest BCUT2D eigenvalue weighted by Gasteiger charge is -2.08. The van der Waals surface area contributed by atoms with Crippen molar-refractivity contribution < 1.29 is 14.7 Å². The van der Waals surface area contributed by atoms with Crippen LogP contribution in [0.1, 0.15) is 116 Å². The second kappa shape index (κ2) is 20.2. The molecule has 4 nitrogen and oxygen atoms in total. The number of aliphatic carboxylic acids is 1. The Labute approximate surface area is 172 Å². The number of nitrogens with two attached hydrogens (primary N) is 1. The van der Waals surface area contributed by atoms with Crippen molar-refractivity contribution in [3.05, 3.63) is 0 Å². The summed E-state index contributed by atoms with van der Waals surface area (Å²) in [6.07, 6.45) is 19.9. The van der Waals surface area contributed by atoms with Gasteiger partial charge in [0.1, 0.15) is 5.78 Å². The van der Waals surface area contributed by atoms with E-state index in [1.807, 2.05) is 0 Å². The van der Waals surface area contributed by atoms with Gasteiger partial charge in [0.15, 0.2) is 0 Å². The first-order chi connectivity index (χ1) is 13.1. The van der Waals surface area contributed by atoms with E-state index in [4.69, 9.17) is 10.8 Å². The molecule has 1 atom stereocenters. The molecule has 0 aromatic carbocycles. The lowest BCUT2D eigenvalue weighted by Crippen LogP contribution is -2.30. The van der Waals surface area contributed by atoms with Gasteiger partial charge in [-0.2, -0.15) is 12.6 Å². The molecule has 0 aromatic rings. The van der Waals surface area contributed by atoms with E-state index >= 15 is 0 Å². The van der Waals surface area contributed by atoms with Crippen molar-refractivity contribution in [1.82, 2.24) is 0 Å². The molecule has 0 fully saturated rings. The second-order valence-corrected chi connectivity index (χ2v) is 8.23. The Hall–Kier alpha value is -0.550. The Bertz CT molecular complexity index is 363. The van der Waals surface area contributed by atoms with Crippen LogP contribution in [-0.2, 0) is 9.59 Å². The third-order valence-electron chi connectivity index (χ3n) is 5.17. The highest BCUT2D eigenvalue weighted by atomic mass is 32.1. The van der Waals surface area contributed by atoms with Gasteiger partial charge in [-0.3, -0.25) is 9.59 Å². The number of unbranched alkanes of at least 4 members (excludes halogenated alkanes) is 14. The summed E-state index contributed by atoms with van der Waals surface area (Å²) in [6.45, 7) is 0. The molecule has 27 heavy (non-hydrogen) atoms. The number of thiol groups is 1. The van der Waals surface area contributed by atoms with Gasteiger partial charge in [-0.15, -0.1) is 0 Å². The SMILES string of the molecule is NC(CCS)C(=O)CCCCCCCCCCCCCCCCCC(=O)O. The first-order valence-electron chi connectivity index (χ1n) is 11.2. The first-order valence-corrected chi connectivity index (χ1v) is 11.8. The maximum absolute atomic E-state index is 11.7. The zero-order valence-electron chi connectivity index (χ0n) is 17.3. The van der Waals surface area contributed by atoms with Crippen LogP contribution in [0.5, 0.6) is 0 Å². The number of rotatable bonds is 21. The molecule has 0 rings (SSSR count). The predicted octanol–water partition coefficient (Wildman–Crippen LogP) is 5.92. The topological polar surface area (TPSA) is 80.4 Å². The van der Waals surface area contributed by atoms with E-state index in [-0.39, 0.29) is 11.8 Å². The van der Waals surface area contributed by atoms with Gasteiger partial charge in [0.05, 0.1) is 6.04 Å². The lowest BCUT2D eigenvalue weighted by atomic mass is 10.0. The van der Waals surface area contributed by atoms with Gasteiger partial charge < -0.3 is 10.8 Å². The standard InChI is InChI=1S/C22H43NO3S/c23-20(18-19-27)21(24)16-14-12-10-8-6-4-2-1-3-5-7-9-11-13-15-17-22(25)26/h20,27H,1-19,23H2,(H,25,26). The summed E-state index contributed by atoms with van der Waals surface area (Å²) >= 11 is 4.12. The number of carbonyl (C=O) groups is 2. The molecule has 1 unspecified atom stereocenters. The highest BCUT2D eigenvalue weighted by molar-refractivity contribution is 7.80. The van der Waals surface area contributed by atoms with Gasteiger partial charge in [0.2, 0.25) is 0 Å². The van der Waals surface area contributed by atoms with Crippen LogP contribution < -0.4 is 5.73 Å². The van der Waals surface area contributed by atoms with Crippen molar-refractivity contribution in [2.24, 2.45) is 5.73 Å². The molecule has 0 saturated heterocycles. The molecule has 0 aliphatic heterocycles. The number of carbonyl (C=O) groups excluding carboxylic acids is 1. The van der Waals surface area contributed by atoms with E-state index in [0.717, 1.165) is 25.7 Å². The van der Waals surface area contributed by atoms with Crippen molar-refractivity contribution in [3.63, 3.8) is 0 Å². The van der Waals surface area contributed by atoms with Crippen molar-refractivity contribution >= 4 is 24.4 Å². The molecule has 0 aromatic heterocycles. The highest BCUT2D eigenvalue weighted by Gasteiger charge is 2.11. The Balaban J connectivity index is 3.15. The average Bonchev–Trinajstić information content (AvgIpc) is 2.64. The van der Waals surface area contributed by atoms with Gasteiger partial charge in [-0.05, 0) is 25.0 Å². The van der Waals surface area contributed by atoms with Crippen LogP contribution in [0.15, 0.2) is 0 Å². The summed E-state index contributed by atoms with van der Waals surface area (Å²) in [4.78, 5) is 22.1. The molecule has 0 aliphatic rings. The van der Waals surface area contributed by atoms with Gasteiger partial charge in [0, 0.05) is 12.8 Å². The van der Waals surface area contributed by atoms with Crippen molar-refractivity contribution in [2.45, 2.75) is 122 Å². The lowest BCUT2D eigenvalue weighted by molar-refractivity contribution is -0.137. The summed E-state index contributed by atoms with van der Waals surface area (Å²) in [5, 5.41) is 8.56. The number of Topliss-reactive ketones (excluding diaryl/α,β-unsaturated/α-hetero) is 1. The average molecular weight is 402 g/mol. The van der Waals surface area contributed by atoms with Crippen molar-refractivity contribution in [3.8, 4) is 0 Å². The normalized spacial score (nSPS) is 12.2. The fourth-order valence-corrected chi connectivity index (χ4v) is 3.64. The maximum Gasteiger partial charge on any atom is 0.303 e. The summed E-state index contributed by atoms with van der Waals surface area (Å²) in [7, 11) is 0. The van der Waals surface area contributed by atoms with Gasteiger partial charge >= 0.3 is 5.97 Å². The third kappa shape index (κ3) is 20.0. The fourth-order valence-electron chi connectivity index (χ4n) is 3.36. The Morgan fingerprint density at radius 3 is 1.33 bits per heavy atom. The van der Waals surface area contributed by atoms with Gasteiger partial charge in [0.25, 0.3) is 0 Å². The third-order valence-corrected chi connectivity index (χ3v) is 5.43. The fraction of sp³-hybridized carbons (Fsp3) is 0.909. The quantitative estimate of drug-likeness (QED) is 0.165. The minimum atomic E-state index is -0.672. The number of hydrogen-bond donors (Lipinski definition) is 3. The van der Waals surface area contributed by atoms with E-state index in [1.54, 1.807) is 0 Å². The van der Waals surface area contributed by atoms with E-state index in [9.17, 15) is 9.59 Å². The van der Waals surface area contributed by atoms with Gasteiger partial charge in [-0.25, -0.2) is 0 Å². The maximum atomic E-state index is 11.7. The zero-order valence-corrected chi connectivity index (χ0v) is 18.2. The van der Waals surface area contributed by atoms with E-state index in [0.29, 0.717) is 25.0 Å². The molecule has 0 aliphatic carbocycles. The van der Waals surface area contributed by atoms with Crippen LogP contribution in [0, 0.1) is 0 Å². The summed E-state index contributed by atoms with van der Waals surface area (Å²) in [6, 6.07) is -0.306. The molecular formula is C22H43NO3S. The van der Waals surface area contributed by atoms with Crippen molar-refractivity contribution in [2.75, 3.05) is 5.75 Å². The molecule has 0 saturated carbocycles. The molecule has 0 amide bonds. The van der Waals surface area contributed by atoms with Crippen LogP contribution >= 0.6 is 12.6 Å². The summed E-state index contributed by atoms with van der Waals surface area (Å²) < 4.78 is 0. The van der Waals surface area contributed by atoms with Crippen LogP contribution in [-0.4, -0.2) is 28.7 Å². The number of carboxylic acid groups (broad SMARTS) is 1. The molecule has 0 bridgehead atoms. The monoisotopic (exact) mass is 401 g/mol. The van der Waals surface area contributed by atoms with Crippen LogP contribution in [0.4, 0.5) is 0 Å². The van der Waals surface area contributed by atoms with Crippen molar-refractivity contribution in [1.29, 1.82) is 0 Å². The predicted molar refractivity (Wildman–Crippen MR) is 118 cm³/mol. The van der Waals surface area contributed by atoms with E-state index < -0.39 is 5.97 Å². The molecular weight excluding hydrogens is 358 g/mol. The minimum absolute atomic E-state index is 0.198. The van der Waals surface area contributed by atoms with Crippen LogP contribution in [0.3, 0.4) is 0 Å². The van der Waals surface area contributed by atoms with E-state index in [2.05, 4.69) is 12.6 Å². The number of hydrogen-bond acceptors (Lipinski definition) is 4. The summed E-state index contributed by atoms with van der Waals surface area (Å²) in [5.74, 6) is 0.209. The smallest absolute Gasteiger partial charge is 0.303 e. The molecule has 0 radical (unpaired) electrons. The highest BCUT2D eigenvalue weighted by Crippen LogP contribution is 2.14. The van der Waals surface area contributed by atoms with Gasteiger partial charge in [-0.1, -0.05) is 83.5 Å². The van der Waals surface area contributed by atoms with Crippen LogP contribution in [0.2, 0.25) is 0 Å². The van der Waals surface area contributed by atoms with E-state index in [1.165, 1.54) is 70.6 Å². The Kier molecular flexibility index (Phi) is 19.8. The number of ketones is 1. The first kappa shape index (κ1) is 26.4. The summed E-state index contributed by atoms with van der Waals surface area (Å²) in [5.41, 5.74) is 5.79. The Morgan fingerprint density at radius 2 is 1.00 bits per heavy atom. The molecule has 3 N–H and O–H groups in total. The Morgan fingerprint density at radius 1 is 0.667 bits per heavy atom. The van der Waals surface area contributed by atoms with Crippen LogP contribution in [0.25, 0.3) is 0 Å². The molecule has 0 spiro atoms. The minimum Gasteiger partial charge on any atom is -0.481 e. The largest absolute Gasteiger partial charge is 0.481 e. The zero-order chi connectivity index (χ0) is 20.2.